The maximum absolute atomic E-state index is 12.8. The first-order chi connectivity index (χ1) is 12.5. The van der Waals surface area contributed by atoms with Crippen molar-refractivity contribution in [3.8, 4) is 0 Å². The number of pyridine rings is 1. The van der Waals surface area contributed by atoms with E-state index in [-0.39, 0.29) is 16.0 Å². The van der Waals surface area contributed by atoms with E-state index >= 15 is 0 Å². The minimum Gasteiger partial charge on any atom is -0.381 e. The largest absolute Gasteiger partial charge is 0.433 e. The van der Waals surface area contributed by atoms with Crippen LogP contribution in [0.1, 0.15) is 18.3 Å². The van der Waals surface area contributed by atoms with Gasteiger partial charge in [-0.1, -0.05) is 0 Å². The van der Waals surface area contributed by atoms with Crippen LogP contribution in [0.5, 0.6) is 0 Å². The highest BCUT2D eigenvalue weighted by Gasteiger charge is 2.56. The van der Waals surface area contributed by atoms with Crippen LogP contribution in [-0.2, 0) is 20.9 Å². The molecule has 3 aliphatic heterocycles. The third-order valence-electron chi connectivity index (χ3n) is 5.97. The molecular formula is C17H22F3N3O3S. The van der Waals surface area contributed by atoms with Crippen molar-refractivity contribution in [1.29, 1.82) is 0 Å². The van der Waals surface area contributed by atoms with Crippen LogP contribution in [-0.4, -0.2) is 68.0 Å². The predicted molar refractivity (Wildman–Crippen MR) is 90.5 cm³/mol. The summed E-state index contributed by atoms with van der Waals surface area (Å²) in [4.78, 5) is 5.64. The van der Waals surface area contributed by atoms with Crippen molar-refractivity contribution < 1.29 is 26.3 Å². The zero-order valence-corrected chi connectivity index (χ0v) is 16.0. The summed E-state index contributed by atoms with van der Waals surface area (Å²) in [7, 11) is -3.82. The quantitative estimate of drug-likeness (QED) is 0.764. The zero-order valence-electron chi connectivity index (χ0n) is 15.2. The second kappa shape index (κ2) is 6.13. The predicted octanol–water partition coefficient (Wildman–Crippen LogP) is 1.75. The molecule has 0 N–H and O–H groups in total. The summed E-state index contributed by atoms with van der Waals surface area (Å²) >= 11 is 0. The minimum atomic E-state index is -4.59. The topological polar surface area (TPSA) is 62.7 Å². The summed E-state index contributed by atoms with van der Waals surface area (Å²) < 4.78 is 70.4. The monoisotopic (exact) mass is 405 g/mol. The number of halogens is 3. The van der Waals surface area contributed by atoms with Crippen molar-refractivity contribution in [2.24, 2.45) is 11.3 Å². The lowest BCUT2D eigenvalue weighted by Crippen LogP contribution is -2.74. The summed E-state index contributed by atoms with van der Waals surface area (Å²) in [6.45, 7) is 7.54. The number of sulfonamides is 1. The summed E-state index contributed by atoms with van der Waals surface area (Å²) in [5.41, 5.74) is -1.23. The molecule has 4 rings (SSSR count). The summed E-state index contributed by atoms with van der Waals surface area (Å²) in [6.07, 6.45) is -4.59. The van der Waals surface area contributed by atoms with Gasteiger partial charge in [-0.2, -0.15) is 17.5 Å². The molecule has 1 aromatic rings. The second-order valence-corrected chi connectivity index (χ2v) is 9.90. The van der Waals surface area contributed by atoms with Gasteiger partial charge in [0.1, 0.15) is 10.6 Å². The molecule has 3 fully saturated rings. The van der Waals surface area contributed by atoms with Gasteiger partial charge in [-0.3, -0.25) is 4.90 Å². The number of aryl methyl sites for hydroxylation is 1. The molecule has 0 radical (unpaired) electrons. The van der Waals surface area contributed by atoms with Crippen molar-refractivity contribution in [1.82, 2.24) is 14.2 Å². The van der Waals surface area contributed by atoms with Crippen LogP contribution >= 0.6 is 0 Å². The summed E-state index contributed by atoms with van der Waals surface area (Å²) in [5.74, 6) is 0.545. The SMILES string of the molecule is Cc1nc(C(F)(F)F)ccc1S(=O)(=O)N1CC2(CN(C(C)C3COC3)C2)C1. The Bertz CT molecular complexity index is 841. The molecule has 0 amide bonds. The fourth-order valence-corrected chi connectivity index (χ4v) is 5.95. The molecule has 10 heteroatoms. The van der Waals surface area contributed by atoms with Crippen LogP contribution in [0.2, 0.25) is 0 Å². The molecule has 1 atom stereocenters. The second-order valence-electron chi connectivity index (χ2n) is 7.99. The zero-order chi connectivity index (χ0) is 19.6. The number of aromatic nitrogens is 1. The molecule has 6 nitrogen and oxygen atoms in total. The lowest BCUT2D eigenvalue weighted by molar-refractivity contribution is -0.141. The normalized spacial score (nSPS) is 24.9. The molecule has 0 aliphatic carbocycles. The van der Waals surface area contributed by atoms with E-state index in [1.807, 2.05) is 0 Å². The van der Waals surface area contributed by atoms with Crippen molar-refractivity contribution in [3.63, 3.8) is 0 Å². The highest BCUT2D eigenvalue weighted by molar-refractivity contribution is 7.89. The van der Waals surface area contributed by atoms with E-state index in [1.54, 1.807) is 0 Å². The Balaban J connectivity index is 1.40. The number of likely N-dealkylation sites (tertiary alicyclic amines) is 1. The molecule has 4 heterocycles. The molecule has 0 bridgehead atoms. The van der Waals surface area contributed by atoms with Gasteiger partial charge in [-0.05, 0) is 26.0 Å². The lowest BCUT2D eigenvalue weighted by atomic mass is 9.73. The molecule has 1 unspecified atom stereocenters. The van der Waals surface area contributed by atoms with Crippen LogP contribution in [0.3, 0.4) is 0 Å². The van der Waals surface area contributed by atoms with Crippen molar-refractivity contribution in [2.45, 2.75) is 31.0 Å². The third kappa shape index (κ3) is 3.16. The van der Waals surface area contributed by atoms with Gasteiger partial charge in [0.2, 0.25) is 10.0 Å². The number of nitrogens with zero attached hydrogens (tertiary/aromatic N) is 3. The lowest BCUT2D eigenvalue weighted by Gasteiger charge is -2.62. The van der Waals surface area contributed by atoms with Crippen molar-refractivity contribution >= 4 is 10.0 Å². The Morgan fingerprint density at radius 3 is 2.33 bits per heavy atom. The van der Waals surface area contributed by atoms with Gasteiger partial charge in [0.05, 0.1) is 18.9 Å². The fourth-order valence-electron chi connectivity index (χ4n) is 4.12. The first-order valence-electron chi connectivity index (χ1n) is 8.89. The number of alkyl halides is 3. The number of hydrogen-bond donors (Lipinski definition) is 0. The molecule has 27 heavy (non-hydrogen) atoms. The summed E-state index contributed by atoms with van der Waals surface area (Å²) in [5, 5.41) is 0. The van der Waals surface area contributed by atoms with E-state index in [4.69, 9.17) is 4.74 Å². The van der Waals surface area contributed by atoms with Gasteiger partial charge in [0.25, 0.3) is 0 Å². The molecule has 0 aromatic carbocycles. The molecule has 0 saturated carbocycles. The Kier molecular flexibility index (Phi) is 4.34. The van der Waals surface area contributed by atoms with E-state index < -0.39 is 21.9 Å². The van der Waals surface area contributed by atoms with Crippen molar-refractivity contribution in [3.05, 3.63) is 23.5 Å². The van der Waals surface area contributed by atoms with Gasteiger partial charge in [0, 0.05) is 43.6 Å². The smallest absolute Gasteiger partial charge is 0.381 e. The molecule has 150 valence electrons. The van der Waals surface area contributed by atoms with Gasteiger partial charge in [0.15, 0.2) is 0 Å². The Morgan fingerprint density at radius 2 is 1.85 bits per heavy atom. The molecule has 1 spiro atoms. The highest BCUT2D eigenvalue weighted by Crippen LogP contribution is 2.44. The maximum atomic E-state index is 12.8. The first-order valence-corrected chi connectivity index (χ1v) is 10.3. The fraction of sp³-hybridized carbons (Fsp3) is 0.706. The van der Waals surface area contributed by atoms with E-state index in [2.05, 4.69) is 16.8 Å². The number of hydrogen-bond acceptors (Lipinski definition) is 5. The highest BCUT2D eigenvalue weighted by atomic mass is 32.2. The van der Waals surface area contributed by atoms with E-state index in [1.165, 1.54) is 11.2 Å². The van der Waals surface area contributed by atoms with Crippen molar-refractivity contribution in [2.75, 3.05) is 39.4 Å². The third-order valence-corrected chi connectivity index (χ3v) is 7.89. The van der Waals surface area contributed by atoms with E-state index in [0.717, 1.165) is 38.4 Å². The van der Waals surface area contributed by atoms with Crippen LogP contribution in [0.4, 0.5) is 13.2 Å². The van der Waals surface area contributed by atoms with Crippen LogP contribution in [0.25, 0.3) is 0 Å². The number of rotatable bonds is 4. The van der Waals surface area contributed by atoms with Gasteiger partial charge in [-0.25, -0.2) is 13.4 Å². The average molecular weight is 405 g/mol. The standard InChI is InChI=1S/C17H22F3N3O3S/c1-11-14(3-4-15(21-11)17(18,19)20)27(24,25)23-9-16(10-23)7-22(8-16)12(2)13-5-26-6-13/h3-4,12-13H,5-10H2,1-2H3. The first kappa shape index (κ1) is 19.1. The number of ether oxygens (including phenoxy) is 1. The molecule has 3 saturated heterocycles. The van der Waals surface area contributed by atoms with Crippen LogP contribution in [0.15, 0.2) is 17.0 Å². The molecular weight excluding hydrogens is 383 g/mol. The Hall–Kier alpha value is -1.23. The van der Waals surface area contributed by atoms with E-state index in [0.29, 0.717) is 25.0 Å². The van der Waals surface area contributed by atoms with Crippen LogP contribution < -0.4 is 0 Å². The Morgan fingerprint density at radius 1 is 1.22 bits per heavy atom. The van der Waals surface area contributed by atoms with Gasteiger partial charge < -0.3 is 4.74 Å². The minimum absolute atomic E-state index is 0.0286. The van der Waals surface area contributed by atoms with Gasteiger partial charge >= 0.3 is 6.18 Å². The van der Waals surface area contributed by atoms with E-state index in [9.17, 15) is 21.6 Å². The van der Waals surface area contributed by atoms with Gasteiger partial charge in [-0.15, -0.1) is 0 Å². The van der Waals surface area contributed by atoms with Crippen LogP contribution in [0, 0.1) is 18.3 Å². The Labute approximate surface area is 156 Å². The molecule has 1 aromatic heterocycles. The maximum Gasteiger partial charge on any atom is 0.433 e. The molecule has 3 aliphatic rings. The average Bonchev–Trinajstić information content (AvgIpc) is 2.40. The summed E-state index contributed by atoms with van der Waals surface area (Å²) in [6, 6.07) is 2.16.